The second-order valence-electron chi connectivity index (χ2n) is 5.76. The van der Waals surface area contributed by atoms with Crippen LogP contribution in [0, 0.1) is 0 Å². The number of methoxy groups -OCH3 is 3. The average molecular weight is 352 g/mol. The lowest BCUT2D eigenvalue weighted by Gasteiger charge is -2.12. The monoisotopic (exact) mass is 351 g/mol. The van der Waals surface area contributed by atoms with Crippen molar-refractivity contribution in [3.05, 3.63) is 29.8 Å². The minimum Gasteiger partial charge on any atom is -1.00 e. The van der Waals surface area contributed by atoms with Crippen LogP contribution in [0.4, 0.5) is 0 Å². The van der Waals surface area contributed by atoms with Crippen LogP contribution in [-0.2, 0) is 13.5 Å². The summed E-state index contributed by atoms with van der Waals surface area (Å²) in [6.45, 7) is 5.99. The lowest BCUT2D eigenvalue weighted by atomic mass is 10.0. The summed E-state index contributed by atoms with van der Waals surface area (Å²) in [6.07, 6.45) is 0.715. The first-order chi connectivity index (χ1) is 11.0. The molecule has 1 aliphatic heterocycles. The van der Waals surface area contributed by atoms with Crippen LogP contribution >= 0.6 is 0 Å². The second-order valence-corrected chi connectivity index (χ2v) is 5.76. The molecule has 6 heteroatoms. The van der Waals surface area contributed by atoms with Gasteiger partial charge < -0.3 is 31.4 Å². The minimum absolute atomic E-state index is 0. The van der Waals surface area contributed by atoms with Crippen molar-refractivity contribution in [3.8, 4) is 23.1 Å². The van der Waals surface area contributed by atoms with E-state index in [9.17, 15) is 0 Å². The van der Waals surface area contributed by atoms with Gasteiger partial charge >= 0.3 is 5.88 Å². The fraction of sp³-hybridized carbons (Fsp3) is 0.389. The number of fused-ring (bicyclic) bond motifs is 2. The molecule has 0 saturated heterocycles. The average Bonchev–Trinajstić information content (AvgIpc) is 2.99. The number of benzene rings is 1. The number of rotatable bonds is 4. The molecule has 0 radical (unpaired) electrons. The van der Waals surface area contributed by atoms with Crippen LogP contribution in [0.15, 0.2) is 24.3 Å². The second kappa shape index (κ2) is 6.77. The number of halogens is 1. The molecule has 0 spiro atoms. The molecule has 0 fully saturated rings. The van der Waals surface area contributed by atoms with Crippen LogP contribution in [0.3, 0.4) is 0 Å². The Hall–Kier alpha value is -2.14. The van der Waals surface area contributed by atoms with E-state index in [-0.39, 0.29) is 18.5 Å². The van der Waals surface area contributed by atoms with Crippen molar-refractivity contribution < 1.29 is 35.9 Å². The Morgan fingerprint density at radius 1 is 1.21 bits per heavy atom. The van der Waals surface area contributed by atoms with Crippen molar-refractivity contribution in [1.82, 2.24) is 0 Å². The van der Waals surface area contributed by atoms with Crippen molar-refractivity contribution in [2.75, 3.05) is 21.3 Å². The summed E-state index contributed by atoms with van der Waals surface area (Å²) in [5.41, 5.74) is 2.95. The maximum atomic E-state index is 6.10. The van der Waals surface area contributed by atoms with E-state index in [1.54, 1.807) is 21.3 Å². The fourth-order valence-electron chi connectivity index (χ4n) is 3.14. The molecule has 1 aromatic heterocycles. The third-order valence-electron chi connectivity index (χ3n) is 4.32. The van der Waals surface area contributed by atoms with Crippen molar-refractivity contribution in [2.24, 2.45) is 7.05 Å². The topological polar surface area (TPSA) is 40.8 Å². The number of aryl methyl sites for hydroxylation is 1. The van der Waals surface area contributed by atoms with Gasteiger partial charge in [0, 0.05) is 12.5 Å². The van der Waals surface area contributed by atoms with Gasteiger partial charge in [-0.2, -0.15) is 4.57 Å². The summed E-state index contributed by atoms with van der Waals surface area (Å²) in [4.78, 5) is 0. The smallest absolute Gasteiger partial charge is 0.376 e. The van der Waals surface area contributed by atoms with Crippen LogP contribution in [0.5, 0.6) is 23.1 Å². The molecule has 1 aliphatic rings. The van der Waals surface area contributed by atoms with Gasteiger partial charge in [0.25, 0.3) is 5.52 Å². The predicted octanol–water partition coefficient (Wildman–Crippen LogP) is -0.426. The van der Waals surface area contributed by atoms with Crippen molar-refractivity contribution in [3.63, 3.8) is 0 Å². The first-order valence-corrected chi connectivity index (χ1v) is 7.48. The molecule has 0 N–H and O–H groups in total. The number of hydrogen-bond donors (Lipinski definition) is 0. The van der Waals surface area contributed by atoms with Gasteiger partial charge in [0.05, 0.1) is 26.7 Å². The molecule has 0 amide bonds. The van der Waals surface area contributed by atoms with E-state index in [4.69, 9.17) is 18.9 Å². The van der Waals surface area contributed by atoms with Gasteiger partial charge in [-0.3, -0.25) is 0 Å². The maximum absolute atomic E-state index is 6.10. The molecule has 24 heavy (non-hydrogen) atoms. The van der Waals surface area contributed by atoms with E-state index in [0.717, 1.165) is 45.8 Å². The van der Waals surface area contributed by atoms with Gasteiger partial charge in [-0.05, 0) is 18.6 Å². The summed E-state index contributed by atoms with van der Waals surface area (Å²) in [5.74, 6) is 3.04. The standard InChI is InChI=1S/C18H22NO4.ClH/c1-10(2)14-9-13-17(22-6)12-7-11(20-4)8-15(21-5)16(12)19(3)18(13)23-14;/h7-8,14H,1,9H2,2-6H3;1H/q+1;/p-1. The Bertz CT molecular complexity index is 804. The summed E-state index contributed by atoms with van der Waals surface area (Å²) in [7, 11) is 6.93. The molecular formula is C18H22ClNO4. The van der Waals surface area contributed by atoms with Crippen molar-refractivity contribution >= 4 is 10.9 Å². The molecule has 130 valence electrons. The van der Waals surface area contributed by atoms with Gasteiger partial charge in [-0.25, -0.2) is 0 Å². The van der Waals surface area contributed by atoms with Gasteiger partial charge in [0.2, 0.25) is 0 Å². The zero-order valence-electron chi connectivity index (χ0n) is 14.6. The molecular weight excluding hydrogens is 330 g/mol. The lowest BCUT2D eigenvalue weighted by Crippen LogP contribution is -3.00. The van der Waals surface area contributed by atoms with E-state index >= 15 is 0 Å². The SMILES string of the molecule is C=C(C)C1Cc2c(OC)c3cc(OC)cc(OC)c3[n+](C)c2O1.[Cl-]. The zero-order chi connectivity index (χ0) is 16.7. The number of hydrogen-bond acceptors (Lipinski definition) is 4. The van der Waals surface area contributed by atoms with Crippen LogP contribution in [-0.4, -0.2) is 27.4 Å². The van der Waals surface area contributed by atoms with Gasteiger partial charge in [-0.1, -0.05) is 6.58 Å². The highest BCUT2D eigenvalue weighted by molar-refractivity contribution is 5.90. The molecule has 0 bridgehead atoms. The van der Waals surface area contributed by atoms with E-state index in [1.807, 2.05) is 30.7 Å². The van der Waals surface area contributed by atoms with Gasteiger partial charge in [0.15, 0.2) is 5.75 Å². The molecule has 2 heterocycles. The zero-order valence-corrected chi connectivity index (χ0v) is 15.4. The Morgan fingerprint density at radius 3 is 2.46 bits per heavy atom. The number of nitrogens with zero attached hydrogens (tertiary/aromatic N) is 1. The highest BCUT2D eigenvalue weighted by Gasteiger charge is 2.37. The normalized spacial score (nSPS) is 15.3. The highest BCUT2D eigenvalue weighted by Crippen LogP contribution is 2.43. The Labute approximate surface area is 148 Å². The number of ether oxygens (including phenoxy) is 4. The van der Waals surface area contributed by atoms with Crippen molar-refractivity contribution in [2.45, 2.75) is 19.4 Å². The van der Waals surface area contributed by atoms with E-state index in [0.29, 0.717) is 5.75 Å². The van der Waals surface area contributed by atoms with Gasteiger partial charge in [0.1, 0.15) is 30.2 Å². The summed E-state index contributed by atoms with van der Waals surface area (Å²) in [6, 6.07) is 3.82. The molecule has 1 aromatic carbocycles. The highest BCUT2D eigenvalue weighted by atomic mass is 35.5. The van der Waals surface area contributed by atoms with Crippen LogP contribution in [0.2, 0.25) is 0 Å². The summed E-state index contributed by atoms with van der Waals surface area (Å²) >= 11 is 0. The Morgan fingerprint density at radius 2 is 1.92 bits per heavy atom. The van der Waals surface area contributed by atoms with Gasteiger partial charge in [-0.15, -0.1) is 0 Å². The van der Waals surface area contributed by atoms with E-state index in [2.05, 4.69) is 6.58 Å². The molecule has 5 nitrogen and oxygen atoms in total. The van der Waals surface area contributed by atoms with E-state index < -0.39 is 0 Å². The molecule has 1 atom stereocenters. The summed E-state index contributed by atoms with van der Waals surface area (Å²) in [5, 5.41) is 0.941. The Balaban J connectivity index is 0.00000208. The quantitative estimate of drug-likeness (QED) is 0.554. The predicted molar refractivity (Wildman–Crippen MR) is 87.7 cm³/mol. The molecule has 1 unspecified atom stereocenters. The molecule has 2 aromatic rings. The third-order valence-corrected chi connectivity index (χ3v) is 4.32. The molecule has 3 rings (SSSR count). The Kier molecular flexibility index (Phi) is 5.13. The number of aromatic nitrogens is 1. The lowest BCUT2D eigenvalue weighted by molar-refractivity contribution is -0.651. The van der Waals surface area contributed by atoms with Crippen LogP contribution < -0.4 is 35.9 Å². The largest absolute Gasteiger partial charge is 1.00 e. The maximum Gasteiger partial charge on any atom is 0.376 e. The first-order valence-electron chi connectivity index (χ1n) is 7.48. The molecule has 0 aliphatic carbocycles. The third kappa shape index (κ3) is 2.63. The van der Waals surface area contributed by atoms with E-state index in [1.165, 1.54) is 0 Å². The van der Waals surface area contributed by atoms with Crippen LogP contribution in [0.1, 0.15) is 12.5 Å². The minimum atomic E-state index is -0.0326. The number of pyridine rings is 1. The van der Waals surface area contributed by atoms with Crippen LogP contribution in [0.25, 0.3) is 10.9 Å². The van der Waals surface area contributed by atoms with Crippen molar-refractivity contribution in [1.29, 1.82) is 0 Å². The summed E-state index contributed by atoms with van der Waals surface area (Å²) < 4.78 is 24.8. The first kappa shape index (κ1) is 18.2. The molecule has 0 saturated carbocycles. The fourth-order valence-corrected chi connectivity index (χ4v) is 3.14.